The van der Waals surface area contributed by atoms with Crippen molar-refractivity contribution in [3.05, 3.63) is 41.8 Å². The molecule has 0 spiro atoms. The van der Waals surface area contributed by atoms with Crippen LogP contribution in [0.15, 0.2) is 30.5 Å². The molecule has 8 nitrogen and oxygen atoms in total. The summed E-state index contributed by atoms with van der Waals surface area (Å²) in [6.45, 7) is 8.01. The molecule has 2 heterocycles. The highest BCUT2D eigenvalue weighted by atomic mass is 19.1. The second-order valence-electron chi connectivity index (χ2n) is 7.75. The molecule has 9 heteroatoms. The third-order valence-corrected chi connectivity index (χ3v) is 4.72. The molecule has 1 saturated heterocycles. The van der Waals surface area contributed by atoms with Gasteiger partial charge < -0.3 is 19.9 Å². The minimum Gasteiger partial charge on any atom is -0.493 e. The Morgan fingerprint density at radius 3 is 2.77 bits per heavy atom. The normalized spacial score (nSPS) is 18.3. The highest BCUT2D eigenvalue weighted by molar-refractivity contribution is 5.89. The minimum atomic E-state index is -0.785. The van der Waals surface area contributed by atoms with Crippen molar-refractivity contribution in [3.63, 3.8) is 0 Å². The van der Waals surface area contributed by atoms with Gasteiger partial charge in [0.15, 0.2) is 0 Å². The van der Waals surface area contributed by atoms with Gasteiger partial charge in [0.05, 0.1) is 18.8 Å². The Bertz CT molecular complexity index is 893. The highest BCUT2D eigenvalue weighted by Gasteiger charge is 2.38. The molecular weight excluding hydrogens is 391 g/mol. The fraction of sp³-hybridized carbons (Fsp3) is 0.476. The molecule has 0 bridgehead atoms. The van der Waals surface area contributed by atoms with E-state index in [0.717, 1.165) is 0 Å². The van der Waals surface area contributed by atoms with E-state index in [1.54, 1.807) is 32.0 Å². The molecule has 30 heavy (non-hydrogen) atoms. The van der Waals surface area contributed by atoms with Gasteiger partial charge >= 0.3 is 6.09 Å². The number of anilines is 2. The van der Waals surface area contributed by atoms with Gasteiger partial charge in [0, 0.05) is 17.8 Å². The quantitative estimate of drug-likeness (QED) is 0.677. The summed E-state index contributed by atoms with van der Waals surface area (Å²) in [7, 11) is 0. The van der Waals surface area contributed by atoms with Crippen LogP contribution in [-0.2, 0) is 4.74 Å². The van der Waals surface area contributed by atoms with Crippen molar-refractivity contribution in [2.75, 3.05) is 23.4 Å². The summed E-state index contributed by atoms with van der Waals surface area (Å²) in [6, 6.07) is 5.34. The van der Waals surface area contributed by atoms with Gasteiger partial charge in [0.25, 0.3) is 0 Å². The van der Waals surface area contributed by atoms with E-state index in [-0.39, 0.29) is 12.6 Å². The first kappa shape index (κ1) is 21.8. The van der Waals surface area contributed by atoms with Crippen LogP contribution >= 0.6 is 0 Å². The van der Waals surface area contributed by atoms with Gasteiger partial charge in [-0.05, 0) is 31.9 Å². The van der Waals surface area contributed by atoms with E-state index in [2.05, 4.69) is 15.3 Å². The summed E-state index contributed by atoms with van der Waals surface area (Å²) in [4.78, 5) is 21.9. The van der Waals surface area contributed by atoms with E-state index in [4.69, 9.17) is 9.47 Å². The molecule has 1 aromatic carbocycles. The SMILES string of the molecule is CC(C)COc1ccc([C@H](C)Nc2nccc(N3C(=O)OCC3[C@@H](C)O)n2)c(F)c1. The summed E-state index contributed by atoms with van der Waals surface area (Å²) in [5.74, 6) is 0.949. The van der Waals surface area contributed by atoms with Gasteiger partial charge in [-0.15, -0.1) is 0 Å². The van der Waals surface area contributed by atoms with Gasteiger partial charge in [-0.2, -0.15) is 4.98 Å². The first-order valence-electron chi connectivity index (χ1n) is 9.92. The monoisotopic (exact) mass is 418 g/mol. The molecule has 1 aliphatic heterocycles. The third kappa shape index (κ3) is 4.96. The number of amides is 1. The zero-order valence-corrected chi connectivity index (χ0v) is 17.5. The smallest absolute Gasteiger partial charge is 0.416 e. The van der Waals surface area contributed by atoms with Crippen LogP contribution in [0.25, 0.3) is 0 Å². The molecule has 1 aliphatic rings. The number of rotatable bonds is 8. The molecule has 0 radical (unpaired) electrons. The number of aliphatic hydroxyl groups excluding tert-OH is 1. The van der Waals surface area contributed by atoms with Crippen LogP contribution in [0, 0.1) is 11.7 Å². The third-order valence-electron chi connectivity index (χ3n) is 4.72. The number of aromatic nitrogens is 2. The van der Waals surface area contributed by atoms with Gasteiger partial charge in [-0.25, -0.2) is 14.2 Å². The Labute approximate surface area is 175 Å². The molecule has 0 saturated carbocycles. The molecule has 3 atom stereocenters. The van der Waals surface area contributed by atoms with Gasteiger partial charge in [0.2, 0.25) is 5.95 Å². The molecule has 2 N–H and O–H groups in total. The van der Waals surface area contributed by atoms with E-state index in [9.17, 15) is 14.3 Å². The van der Waals surface area contributed by atoms with Crippen LogP contribution in [0.1, 0.15) is 39.3 Å². The van der Waals surface area contributed by atoms with E-state index in [0.29, 0.717) is 29.7 Å². The number of ether oxygens (including phenoxy) is 2. The summed E-state index contributed by atoms with van der Waals surface area (Å²) < 4.78 is 25.2. The van der Waals surface area contributed by atoms with E-state index < -0.39 is 30.1 Å². The average Bonchev–Trinajstić information content (AvgIpc) is 3.08. The summed E-state index contributed by atoms with van der Waals surface area (Å²) in [5, 5.41) is 12.9. The lowest BCUT2D eigenvalue weighted by Crippen LogP contribution is -2.41. The number of nitrogens with zero attached hydrogens (tertiary/aromatic N) is 3. The molecule has 162 valence electrons. The second kappa shape index (κ2) is 9.25. The first-order chi connectivity index (χ1) is 14.3. The Balaban J connectivity index is 1.74. The zero-order valence-electron chi connectivity index (χ0n) is 17.5. The van der Waals surface area contributed by atoms with Crippen molar-refractivity contribution in [2.45, 2.75) is 45.9 Å². The molecule has 1 amide bonds. The van der Waals surface area contributed by atoms with Crippen molar-refractivity contribution >= 4 is 17.9 Å². The van der Waals surface area contributed by atoms with Crippen molar-refractivity contribution in [1.29, 1.82) is 0 Å². The lowest BCUT2D eigenvalue weighted by Gasteiger charge is -2.23. The Hall–Kier alpha value is -2.94. The maximum absolute atomic E-state index is 14.6. The van der Waals surface area contributed by atoms with Crippen LogP contribution in [0.3, 0.4) is 0 Å². The summed E-state index contributed by atoms with van der Waals surface area (Å²) in [6.07, 6.45) is 0.121. The minimum absolute atomic E-state index is 0.0795. The molecule has 1 fully saturated rings. The standard InChI is InChI=1S/C21H27FN4O4/c1-12(2)10-29-15-5-6-16(17(22)9-15)13(3)24-20-23-8-7-19(25-20)26-18(14(4)27)11-30-21(26)28/h5-9,12-14,18,27H,10-11H2,1-4H3,(H,23,24,25)/t13-,14+,18?/m0/s1. The van der Waals surface area contributed by atoms with Gasteiger partial charge in [0.1, 0.15) is 30.0 Å². The van der Waals surface area contributed by atoms with Crippen molar-refractivity contribution in [3.8, 4) is 5.75 Å². The Morgan fingerprint density at radius 1 is 1.33 bits per heavy atom. The van der Waals surface area contributed by atoms with E-state index in [1.165, 1.54) is 17.2 Å². The van der Waals surface area contributed by atoms with Crippen LogP contribution in [0.5, 0.6) is 5.75 Å². The Morgan fingerprint density at radius 2 is 2.10 bits per heavy atom. The fourth-order valence-electron chi connectivity index (χ4n) is 3.09. The zero-order chi connectivity index (χ0) is 21.8. The van der Waals surface area contributed by atoms with Crippen LogP contribution < -0.4 is 15.0 Å². The van der Waals surface area contributed by atoms with E-state index >= 15 is 0 Å². The molecule has 1 unspecified atom stereocenters. The maximum atomic E-state index is 14.6. The van der Waals surface area contributed by atoms with Crippen LogP contribution in [0.4, 0.5) is 21.0 Å². The summed E-state index contributed by atoms with van der Waals surface area (Å²) in [5.41, 5.74) is 0.434. The fourth-order valence-corrected chi connectivity index (χ4v) is 3.09. The number of aliphatic hydroxyl groups is 1. The first-order valence-corrected chi connectivity index (χ1v) is 9.92. The van der Waals surface area contributed by atoms with Gasteiger partial charge in [-0.1, -0.05) is 19.9 Å². The topological polar surface area (TPSA) is 96.8 Å². The molecule has 3 rings (SSSR count). The van der Waals surface area contributed by atoms with Crippen LogP contribution in [-0.4, -0.2) is 46.5 Å². The second-order valence-corrected chi connectivity index (χ2v) is 7.75. The predicted molar refractivity (Wildman–Crippen MR) is 110 cm³/mol. The number of benzene rings is 1. The predicted octanol–water partition coefficient (Wildman–Crippen LogP) is 3.53. The number of carbonyl (C=O) groups excluding carboxylic acids is 1. The largest absolute Gasteiger partial charge is 0.493 e. The molecule has 0 aliphatic carbocycles. The molecule has 1 aromatic heterocycles. The number of hydrogen-bond acceptors (Lipinski definition) is 7. The lowest BCUT2D eigenvalue weighted by molar-refractivity contribution is 0.142. The molecular formula is C21H27FN4O4. The number of nitrogens with one attached hydrogen (secondary N) is 1. The Kier molecular flexibility index (Phi) is 6.71. The average molecular weight is 418 g/mol. The van der Waals surface area contributed by atoms with Crippen molar-refractivity contribution in [2.24, 2.45) is 5.92 Å². The highest BCUT2D eigenvalue weighted by Crippen LogP contribution is 2.27. The lowest BCUT2D eigenvalue weighted by atomic mass is 10.1. The number of cyclic esters (lactones) is 1. The molecule has 2 aromatic rings. The number of halogens is 1. The van der Waals surface area contributed by atoms with E-state index in [1.807, 2.05) is 13.8 Å². The van der Waals surface area contributed by atoms with Gasteiger partial charge in [-0.3, -0.25) is 4.90 Å². The van der Waals surface area contributed by atoms with Crippen molar-refractivity contribution in [1.82, 2.24) is 9.97 Å². The van der Waals surface area contributed by atoms with Crippen molar-refractivity contribution < 1.29 is 23.8 Å². The summed E-state index contributed by atoms with van der Waals surface area (Å²) >= 11 is 0. The maximum Gasteiger partial charge on any atom is 0.416 e. The van der Waals surface area contributed by atoms with Crippen LogP contribution in [0.2, 0.25) is 0 Å². The number of carbonyl (C=O) groups is 1. The number of hydrogen-bond donors (Lipinski definition) is 2.